The maximum absolute atomic E-state index is 12.9. The summed E-state index contributed by atoms with van der Waals surface area (Å²) in [6, 6.07) is 13.0. The molecule has 1 spiro atoms. The van der Waals surface area contributed by atoms with Crippen molar-refractivity contribution in [3.63, 3.8) is 0 Å². The molecule has 0 atom stereocenters. The van der Waals surface area contributed by atoms with Crippen molar-refractivity contribution in [2.75, 3.05) is 30.5 Å². The smallest absolute Gasteiger partial charge is 0.406 e. The van der Waals surface area contributed by atoms with E-state index in [2.05, 4.69) is 5.32 Å². The fourth-order valence-electron chi connectivity index (χ4n) is 5.06. The van der Waals surface area contributed by atoms with Crippen molar-refractivity contribution in [3.05, 3.63) is 76.2 Å². The molecular weight excluding hydrogens is 527 g/mol. The Morgan fingerprint density at radius 3 is 2.52 bits per heavy atom. The zero-order valence-corrected chi connectivity index (χ0v) is 22.0. The van der Waals surface area contributed by atoms with Crippen molar-refractivity contribution >= 4 is 23.2 Å². The second-order valence-corrected chi connectivity index (χ2v) is 10.2. The highest BCUT2D eigenvalue weighted by Gasteiger charge is 2.41. The third-order valence-electron chi connectivity index (χ3n) is 7.30. The average Bonchev–Trinajstić information content (AvgIpc) is 2.99. The fourth-order valence-corrected chi connectivity index (χ4v) is 5.06. The van der Waals surface area contributed by atoms with Crippen molar-refractivity contribution in [3.8, 4) is 16.9 Å². The summed E-state index contributed by atoms with van der Waals surface area (Å²) < 4.78 is 50.9. The number of hydrogen-bond donors (Lipinski definition) is 1. The molecule has 8 nitrogen and oxygen atoms in total. The number of pyridine rings is 1. The molecule has 210 valence electrons. The minimum Gasteiger partial charge on any atom is -0.484 e. The van der Waals surface area contributed by atoms with Crippen molar-refractivity contribution in [1.29, 1.82) is 0 Å². The maximum Gasteiger partial charge on any atom is 0.406 e. The first-order chi connectivity index (χ1) is 18.9. The summed E-state index contributed by atoms with van der Waals surface area (Å²) in [7, 11) is 1.72. The quantitative estimate of drug-likeness (QED) is 0.493. The van der Waals surface area contributed by atoms with E-state index in [4.69, 9.17) is 9.47 Å². The minimum atomic E-state index is -4.60. The Bertz CT molecular complexity index is 1530. The molecule has 0 saturated carbocycles. The second kappa shape index (κ2) is 10.5. The summed E-state index contributed by atoms with van der Waals surface area (Å²) in [6.45, 7) is 1.45. The molecule has 0 bridgehead atoms. The first-order valence-electron chi connectivity index (χ1n) is 12.8. The normalized spacial score (nSPS) is 16.7. The SMILES string of the molecule is Cc1ccc(NC(=O)c2ccc(=O)n(CC(F)(F)F)c2)cc1-c1ccc2c(c1)OC1(CCOCC1)CC(=O)N2C. The number of benzene rings is 2. The van der Waals surface area contributed by atoms with Gasteiger partial charge in [0.25, 0.3) is 11.5 Å². The number of amides is 2. The number of carbonyl (C=O) groups is 2. The number of anilines is 2. The summed E-state index contributed by atoms with van der Waals surface area (Å²) in [5.41, 5.74) is 2.01. The standard InChI is InChI=1S/C29H28F3N3O5/c1-18-3-6-21(33-27(38)20-5-8-25(36)35(16-20)17-29(30,31)32)14-22(18)19-4-7-23-24(13-19)40-28(9-11-39-12-10-28)15-26(37)34(23)2/h3-8,13-14,16H,9-12,15,17H2,1-2H3,(H,33,38). The minimum absolute atomic E-state index is 0.0316. The van der Waals surface area contributed by atoms with E-state index in [0.29, 0.717) is 47.7 Å². The molecule has 40 heavy (non-hydrogen) atoms. The summed E-state index contributed by atoms with van der Waals surface area (Å²) in [5.74, 6) is -0.109. The van der Waals surface area contributed by atoms with Gasteiger partial charge in [0.05, 0.1) is 30.9 Å². The van der Waals surface area contributed by atoms with E-state index in [0.717, 1.165) is 29.0 Å². The number of ether oxygens (including phenoxy) is 2. The van der Waals surface area contributed by atoms with E-state index in [9.17, 15) is 27.6 Å². The zero-order chi connectivity index (χ0) is 28.7. The molecule has 1 fully saturated rings. The van der Waals surface area contributed by atoms with Crippen LogP contribution >= 0.6 is 0 Å². The molecule has 2 aliphatic heterocycles. The van der Waals surface area contributed by atoms with E-state index in [1.807, 2.05) is 31.2 Å². The molecule has 1 aromatic heterocycles. The van der Waals surface area contributed by atoms with E-state index in [1.54, 1.807) is 24.1 Å². The third-order valence-corrected chi connectivity index (χ3v) is 7.30. The van der Waals surface area contributed by atoms with Gasteiger partial charge < -0.3 is 24.3 Å². The van der Waals surface area contributed by atoms with Gasteiger partial charge >= 0.3 is 6.18 Å². The topological polar surface area (TPSA) is 89.9 Å². The average molecular weight is 556 g/mol. The number of halogens is 3. The number of carbonyl (C=O) groups excluding carboxylic acids is 2. The predicted molar refractivity (Wildman–Crippen MR) is 143 cm³/mol. The van der Waals surface area contributed by atoms with Crippen LogP contribution in [0.4, 0.5) is 24.5 Å². The molecule has 11 heteroatoms. The largest absolute Gasteiger partial charge is 0.484 e. The molecule has 0 unspecified atom stereocenters. The molecule has 2 aromatic carbocycles. The monoisotopic (exact) mass is 555 g/mol. The zero-order valence-electron chi connectivity index (χ0n) is 22.0. The van der Waals surface area contributed by atoms with Gasteiger partial charge in [-0.05, 0) is 53.9 Å². The highest BCUT2D eigenvalue weighted by atomic mass is 19.4. The van der Waals surface area contributed by atoms with Gasteiger partial charge in [0, 0.05) is 37.8 Å². The van der Waals surface area contributed by atoms with Gasteiger partial charge in [-0.25, -0.2) is 0 Å². The molecule has 5 rings (SSSR count). The van der Waals surface area contributed by atoms with Crippen molar-refractivity contribution < 1.29 is 32.2 Å². The summed E-state index contributed by atoms with van der Waals surface area (Å²) >= 11 is 0. The van der Waals surface area contributed by atoms with E-state index in [-0.39, 0.29) is 17.9 Å². The molecule has 3 aromatic rings. The Morgan fingerprint density at radius 2 is 1.80 bits per heavy atom. The van der Waals surface area contributed by atoms with Crippen LogP contribution in [0.25, 0.3) is 11.1 Å². The number of aromatic nitrogens is 1. The Morgan fingerprint density at radius 1 is 1.05 bits per heavy atom. The van der Waals surface area contributed by atoms with Crippen LogP contribution in [0.1, 0.15) is 35.2 Å². The Hall–Kier alpha value is -4.12. The fraction of sp³-hybridized carbons (Fsp3) is 0.345. The van der Waals surface area contributed by atoms with Crippen LogP contribution in [0.5, 0.6) is 5.75 Å². The van der Waals surface area contributed by atoms with E-state index in [1.165, 1.54) is 6.07 Å². The number of aryl methyl sites for hydroxylation is 1. The second-order valence-electron chi connectivity index (χ2n) is 10.2. The van der Waals surface area contributed by atoms with Crippen LogP contribution in [0, 0.1) is 6.92 Å². The van der Waals surface area contributed by atoms with Crippen molar-refractivity contribution in [1.82, 2.24) is 4.57 Å². The first-order valence-corrected chi connectivity index (χ1v) is 12.8. The number of rotatable bonds is 4. The van der Waals surface area contributed by atoms with Gasteiger partial charge in [-0.3, -0.25) is 14.4 Å². The number of alkyl halides is 3. The highest BCUT2D eigenvalue weighted by molar-refractivity contribution is 6.04. The molecule has 2 amide bonds. The molecule has 0 aliphatic carbocycles. The Balaban J connectivity index is 1.44. The summed E-state index contributed by atoms with van der Waals surface area (Å²) in [5, 5.41) is 2.70. The van der Waals surface area contributed by atoms with Crippen LogP contribution in [-0.4, -0.2) is 48.4 Å². The van der Waals surface area contributed by atoms with Gasteiger partial charge in [-0.15, -0.1) is 0 Å². The lowest BCUT2D eigenvalue weighted by atomic mass is 9.90. The maximum atomic E-state index is 12.9. The molecule has 1 N–H and O–H groups in total. The number of fused-ring (bicyclic) bond motifs is 1. The van der Waals surface area contributed by atoms with Crippen LogP contribution < -0.4 is 20.5 Å². The molecular formula is C29H28F3N3O5. The van der Waals surface area contributed by atoms with Gasteiger partial charge in [-0.2, -0.15) is 13.2 Å². The van der Waals surface area contributed by atoms with E-state index < -0.39 is 29.8 Å². The summed E-state index contributed by atoms with van der Waals surface area (Å²) in [4.78, 5) is 39.2. The van der Waals surface area contributed by atoms with Crippen LogP contribution in [0.3, 0.4) is 0 Å². The summed E-state index contributed by atoms with van der Waals surface area (Å²) in [6.07, 6.45) is -2.24. The lowest BCUT2D eigenvalue weighted by Gasteiger charge is -2.35. The number of nitrogens with zero attached hydrogens (tertiary/aromatic N) is 2. The first kappa shape index (κ1) is 27.4. The van der Waals surface area contributed by atoms with Gasteiger partial charge in [0.15, 0.2) is 0 Å². The molecule has 2 aliphatic rings. The molecule has 3 heterocycles. The third kappa shape index (κ3) is 5.74. The van der Waals surface area contributed by atoms with Crippen LogP contribution in [-0.2, 0) is 16.1 Å². The Labute approximate surface area is 228 Å². The van der Waals surface area contributed by atoms with Gasteiger partial charge in [0.2, 0.25) is 5.91 Å². The highest BCUT2D eigenvalue weighted by Crippen LogP contribution is 2.42. The predicted octanol–water partition coefficient (Wildman–Crippen LogP) is 4.93. The van der Waals surface area contributed by atoms with Gasteiger partial charge in [0.1, 0.15) is 17.9 Å². The lowest BCUT2D eigenvalue weighted by molar-refractivity contribution is -0.141. The van der Waals surface area contributed by atoms with Crippen molar-refractivity contribution in [2.24, 2.45) is 0 Å². The molecule has 0 radical (unpaired) electrons. The molecule has 1 saturated heterocycles. The van der Waals surface area contributed by atoms with Crippen LogP contribution in [0.15, 0.2) is 59.5 Å². The van der Waals surface area contributed by atoms with Crippen LogP contribution in [0.2, 0.25) is 0 Å². The number of hydrogen-bond acceptors (Lipinski definition) is 5. The van der Waals surface area contributed by atoms with E-state index >= 15 is 0 Å². The van der Waals surface area contributed by atoms with Crippen molar-refractivity contribution in [2.45, 2.75) is 44.5 Å². The lowest BCUT2D eigenvalue weighted by Crippen LogP contribution is -2.44. The Kier molecular flexibility index (Phi) is 7.17. The van der Waals surface area contributed by atoms with Gasteiger partial charge in [-0.1, -0.05) is 12.1 Å². The number of nitrogens with one attached hydrogen (secondary N) is 1.